The van der Waals surface area contributed by atoms with Crippen molar-refractivity contribution >= 4 is 34.3 Å². The molecule has 0 aliphatic carbocycles. The first-order valence-corrected chi connectivity index (χ1v) is 5.48. The van der Waals surface area contributed by atoms with Crippen LogP contribution in [0.1, 0.15) is 17.4 Å². The van der Waals surface area contributed by atoms with Crippen LogP contribution < -0.4 is 5.32 Å². The summed E-state index contributed by atoms with van der Waals surface area (Å²) in [6, 6.07) is 0. The van der Waals surface area contributed by atoms with Crippen molar-refractivity contribution in [2.24, 2.45) is 0 Å². The SMILES string of the molecule is CCOC(=O)C(=O)c1csc(NC(=O)OC)n1. The number of carbonyl (C=O) groups excluding carboxylic acids is 3. The number of thiazole rings is 1. The first-order valence-electron chi connectivity index (χ1n) is 4.60. The Morgan fingerprint density at radius 1 is 1.47 bits per heavy atom. The summed E-state index contributed by atoms with van der Waals surface area (Å²) in [5.74, 6) is -1.82. The van der Waals surface area contributed by atoms with Crippen LogP contribution in [0.4, 0.5) is 9.93 Å². The molecule has 92 valence electrons. The number of esters is 1. The van der Waals surface area contributed by atoms with Crippen molar-refractivity contribution in [3.63, 3.8) is 0 Å². The number of amides is 1. The number of hydrogen-bond donors (Lipinski definition) is 1. The summed E-state index contributed by atoms with van der Waals surface area (Å²) in [4.78, 5) is 37.2. The number of carbonyl (C=O) groups is 3. The van der Waals surface area contributed by atoms with Gasteiger partial charge in [-0.05, 0) is 6.92 Å². The van der Waals surface area contributed by atoms with E-state index in [1.54, 1.807) is 6.92 Å². The van der Waals surface area contributed by atoms with Crippen LogP contribution in [-0.4, -0.2) is 36.5 Å². The number of methoxy groups -OCH3 is 1. The first-order chi connectivity index (χ1) is 8.08. The zero-order chi connectivity index (χ0) is 12.8. The summed E-state index contributed by atoms with van der Waals surface area (Å²) < 4.78 is 8.88. The van der Waals surface area contributed by atoms with Crippen molar-refractivity contribution in [3.8, 4) is 0 Å². The number of aromatic nitrogens is 1. The minimum Gasteiger partial charge on any atom is -0.460 e. The molecule has 1 N–H and O–H groups in total. The maximum Gasteiger partial charge on any atom is 0.413 e. The number of nitrogens with zero attached hydrogens (tertiary/aromatic N) is 1. The Balaban J connectivity index is 2.70. The third-order valence-corrected chi connectivity index (χ3v) is 2.35. The molecular weight excluding hydrogens is 248 g/mol. The number of ketones is 1. The van der Waals surface area contributed by atoms with Crippen LogP contribution in [-0.2, 0) is 14.3 Å². The topological polar surface area (TPSA) is 94.6 Å². The number of Topliss-reactive ketones (excluding diaryl/α,β-unsaturated/α-hetero) is 1. The van der Waals surface area contributed by atoms with Crippen molar-refractivity contribution in [3.05, 3.63) is 11.1 Å². The summed E-state index contributed by atoms with van der Waals surface area (Å²) in [6.45, 7) is 1.71. The second-order valence-corrected chi connectivity index (χ2v) is 3.56. The smallest absolute Gasteiger partial charge is 0.413 e. The van der Waals surface area contributed by atoms with Gasteiger partial charge < -0.3 is 9.47 Å². The lowest BCUT2D eigenvalue weighted by molar-refractivity contribution is -0.137. The molecule has 1 amide bonds. The molecule has 0 aliphatic heterocycles. The van der Waals surface area contributed by atoms with Crippen molar-refractivity contribution < 1.29 is 23.9 Å². The molecule has 17 heavy (non-hydrogen) atoms. The predicted molar refractivity (Wildman–Crippen MR) is 59.1 cm³/mol. The molecule has 1 aromatic heterocycles. The van der Waals surface area contributed by atoms with Gasteiger partial charge >= 0.3 is 12.1 Å². The second-order valence-electron chi connectivity index (χ2n) is 2.70. The lowest BCUT2D eigenvalue weighted by Gasteiger charge is -1.98. The molecular formula is C9H10N2O5S. The lowest BCUT2D eigenvalue weighted by atomic mass is 10.3. The van der Waals surface area contributed by atoms with Gasteiger partial charge in [-0.25, -0.2) is 14.6 Å². The molecule has 1 heterocycles. The Hall–Kier alpha value is -1.96. The summed E-state index contributed by atoms with van der Waals surface area (Å²) in [6.07, 6.45) is -0.700. The maximum atomic E-state index is 11.4. The van der Waals surface area contributed by atoms with E-state index in [-0.39, 0.29) is 17.4 Å². The molecule has 0 radical (unpaired) electrons. The molecule has 0 aromatic carbocycles. The van der Waals surface area contributed by atoms with Crippen molar-refractivity contribution in [2.45, 2.75) is 6.92 Å². The van der Waals surface area contributed by atoms with Crippen molar-refractivity contribution in [1.82, 2.24) is 4.98 Å². The molecule has 0 spiro atoms. The molecule has 0 aliphatic rings. The van der Waals surface area contributed by atoms with Crippen LogP contribution in [0.3, 0.4) is 0 Å². The zero-order valence-corrected chi connectivity index (χ0v) is 10.00. The van der Waals surface area contributed by atoms with Crippen molar-refractivity contribution in [2.75, 3.05) is 19.0 Å². The molecule has 0 atom stereocenters. The lowest BCUT2D eigenvalue weighted by Crippen LogP contribution is -2.18. The summed E-state index contributed by atoms with van der Waals surface area (Å²) >= 11 is 1.01. The van der Waals surface area contributed by atoms with Gasteiger partial charge in [-0.1, -0.05) is 0 Å². The summed E-state index contributed by atoms with van der Waals surface area (Å²) in [7, 11) is 1.20. The fourth-order valence-electron chi connectivity index (χ4n) is 0.875. The number of nitrogens with one attached hydrogen (secondary N) is 1. The van der Waals surface area contributed by atoms with Gasteiger partial charge in [0.05, 0.1) is 13.7 Å². The first kappa shape index (κ1) is 13.1. The summed E-state index contributed by atoms with van der Waals surface area (Å²) in [5.41, 5.74) is -0.0696. The minimum atomic E-state index is -0.970. The van der Waals surface area contributed by atoms with E-state index in [0.29, 0.717) is 0 Å². The Labute approximate surface area is 101 Å². The number of rotatable bonds is 4. The fourth-order valence-corrected chi connectivity index (χ4v) is 1.55. The van der Waals surface area contributed by atoms with E-state index in [0.717, 1.165) is 11.3 Å². The van der Waals surface area contributed by atoms with Gasteiger partial charge in [-0.15, -0.1) is 11.3 Å². The Kier molecular flexibility index (Phi) is 4.58. The third-order valence-electron chi connectivity index (χ3n) is 1.59. The normalized spacial score (nSPS) is 9.53. The summed E-state index contributed by atoms with van der Waals surface area (Å²) in [5, 5.41) is 3.80. The average molecular weight is 258 g/mol. The quantitative estimate of drug-likeness (QED) is 0.493. The number of ether oxygens (including phenoxy) is 2. The van der Waals surface area contributed by atoms with E-state index in [1.807, 2.05) is 0 Å². The molecule has 8 heteroatoms. The highest BCUT2D eigenvalue weighted by atomic mass is 32.1. The van der Waals surface area contributed by atoms with Gasteiger partial charge in [-0.2, -0.15) is 0 Å². The molecule has 7 nitrogen and oxygen atoms in total. The number of anilines is 1. The largest absolute Gasteiger partial charge is 0.460 e. The van der Waals surface area contributed by atoms with Crippen LogP contribution in [0.25, 0.3) is 0 Å². The predicted octanol–water partition coefficient (Wildman–Crippen LogP) is 1.07. The molecule has 0 saturated carbocycles. The highest BCUT2D eigenvalue weighted by Crippen LogP contribution is 2.16. The molecule has 0 saturated heterocycles. The van der Waals surface area contributed by atoms with E-state index in [9.17, 15) is 14.4 Å². The van der Waals surface area contributed by atoms with Gasteiger partial charge in [0.15, 0.2) is 5.13 Å². The zero-order valence-electron chi connectivity index (χ0n) is 9.18. The minimum absolute atomic E-state index is 0.0696. The van der Waals surface area contributed by atoms with E-state index < -0.39 is 17.8 Å². The molecule has 1 aromatic rings. The van der Waals surface area contributed by atoms with Gasteiger partial charge in [-0.3, -0.25) is 10.1 Å². The van der Waals surface area contributed by atoms with Gasteiger partial charge in [0.25, 0.3) is 5.78 Å². The van der Waals surface area contributed by atoms with Gasteiger partial charge in [0, 0.05) is 5.38 Å². The van der Waals surface area contributed by atoms with Gasteiger partial charge in [0.1, 0.15) is 5.69 Å². The fraction of sp³-hybridized carbons (Fsp3) is 0.333. The molecule has 0 fully saturated rings. The Bertz CT molecular complexity index is 442. The van der Waals surface area contributed by atoms with Crippen LogP contribution >= 0.6 is 11.3 Å². The Morgan fingerprint density at radius 3 is 2.76 bits per heavy atom. The van der Waals surface area contributed by atoms with E-state index in [2.05, 4.69) is 19.8 Å². The van der Waals surface area contributed by atoms with E-state index >= 15 is 0 Å². The van der Waals surface area contributed by atoms with Gasteiger partial charge in [0.2, 0.25) is 0 Å². The van der Waals surface area contributed by atoms with Crippen LogP contribution in [0.5, 0.6) is 0 Å². The average Bonchev–Trinajstić information content (AvgIpc) is 2.76. The number of hydrogen-bond acceptors (Lipinski definition) is 7. The molecule has 0 unspecified atom stereocenters. The highest BCUT2D eigenvalue weighted by molar-refractivity contribution is 7.14. The second kappa shape index (κ2) is 5.94. The van der Waals surface area contributed by atoms with Crippen molar-refractivity contribution in [1.29, 1.82) is 0 Å². The van der Waals surface area contributed by atoms with Crippen LogP contribution in [0.15, 0.2) is 5.38 Å². The highest BCUT2D eigenvalue weighted by Gasteiger charge is 2.21. The monoisotopic (exact) mass is 258 g/mol. The third kappa shape index (κ3) is 3.52. The standard InChI is InChI=1S/C9H10N2O5S/c1-3-16-7(13)6(12)5-4-17-8(10-5)11-9(14)15-2/h4H,3H2,1-2H3,(H,10,11,14). The van der Waals surface area contributed by atoms with Crippen LogP contribution in [0.2, 0.25) is 0 Å². The molecule has 0 bridgehead atoms. The Morgan fingerprint density at radius 2 is 2.18 bits per heavy atom. The van der Waals surface area contributed by atoms with E-state index in [4.69, 9.17) is 0 Å². The maximum absolute atomic E-state index is 11.4. The van der Waals surface area contributed by atoms with E-state index in [1.165, 1.54) is 12.5 Å². The molecule has 1 rings (SSSR count). The van der Waals surface area contributed by atoms with Crippen LogP contribution in [0, 0.1) is 0 Å².